The van der Waals surface area contributed by atoms with Crippen molar-refractivity contribution >= 4 is 5.97 Å². The minimum absolute atomic E-state index is 0.0557. The molecule has 112 valence electrons. The molecule has 0 heterocycles. The Balaban J connectivity index is 2.34. The first kappa shape index (κ1) is 16.5. The molecule has 0 saturated carbocycles. The van der Waals surface area contributed by atoms with Crippen molar-refractivity contribution in [2.24, 2.45) is 0 Å². The van der Waals surface area contributed by atoms with Crippen LogP contribution in [0.2, 0.25) is 0 Å². The molecule has 0 aromatic heterocycles. The van der Waals surface area contributed by atoms with Crippen molar-refractivity contribution < 1.29 is 27.4 Å². The van der Waals surface area contributed by atoms with Crippen LogP contribution in [0, 0.1) is 0 Å². The molecule has 0 aliphatic heterocycles. The van der Waals surface area contributed by atoms with Gasteiger partial charge in [-0.25, -0.2) is 4.79 Å². The zero-order chi connectivity index (χ0) is 15.0. The van der Waals surface area contributed by atoms with E-state index in [4.69, 9.17) is 0 Å². The van der Waals surface area contributed by atoms with Gasteiger partial charge in [0, 0.05) is 13.1 Å². The number of alkyl halides is 3. The summed E-state index contributed by atoms with van der Waals surface area (Å²) in [6, 6.07) is 6.85. The lowest BCUT2D eigenvalue weighted by molar-refractivity contribution is -0.173. The zero-order valence-corrected chi connectivity index (χ0v) is 11.0. The predicted octanol–water partition coefficient (Wildman–Crippen LogP) is 2.14. The van der Waals surface area contributed by atoms with Gasteiger partial charge in [0.15, 0.2) is 0 Å². The molecule has 1 rings (SSSR count). The monoisotopic (exact) mass is 291 g/mol. The molecule has 0 radical (unpaired) electrons. The molecular weight excluding hydrogens is 275 g/mol. The number of methoxy groups -OCH3 is 1. The average molecular weight is 291 g/mol. The molecular formula is C13H16F3NO3. The fourth-order valence-corrected chi connectivity index (χ4v) is 1.54. The third-order valence-electron chi connectivity index (χ3n) is 2.43. The van der Waals surface area contributed by atoms with Crippen molar-refractivity contribution in [3.05, 3.63) is 35.4 Å². The SMILES string of the molecule is COC(=O)c1ccccc1CNCCOCC(F)(F)F. The van der Waals surface area contributed by atoms with E-state index in [1.165, 1.54) is 7.11 Å². The molecule has 20 heavy (non-hydrogen) atoms. The van der Waals surface area contributed by atoms with Crippen LogP contribution in [0.5, 0.6) is 0 Å². The Hall–Kier alpha value is -1.60. The summed E-state index contributed by atoms with van der Waals surface area (Å²) in [5.74, 6) is -0.448. The quantitative estimate of drug-likeness (QED) is 0.617. The van der Waals surface area contributed by atoms with Crippen LogP contribution in [0.1, 0.15) is 15.9 Å². The molecule has 0 aliphatic carbocycles. The third-order valence-corrected chi connectivity index (χ3v) is 2.43. The lowest BCUT2D eigenvalue weighted by Crippen LogP contribution is -2.24. The van der Waals surface area contributed by atoms with Crippen LogP contribution in [0.15, 0.2) is 24.3 Å². The highest BCUT2D eigenvalue weighted by Crippen LogP contribution is 2.14. The van der Waals surface area contributed by atoms with Crippen LogP contribution in [0.25, 0.3) is 0 Å². The Labute approximate surface area is 114 Å². The molecule has 1 aromatic carbocycles. The van der Waals surface area contributed by atoms with Gasteiger partial charge in [-0.2, -0.15) is 13.2 Å². The van der Waals surface area contributed by atoms with Crippen LogP contribution < -0.4 is 5.32 Å². The van der Waals surface area contributed by atoms with Gasteiger partial charge in [-0.05, 0) is 11.6 Å². The van der Waals surface area contributed by atoms with Gasteiger partial charge < -0.3 is 14.8 Å². The minimum Gasteiger partial charge on any atom is -0.465 e. The van der Waals surface area contributed by atoms with Crippen LogP contribution in [-0.4, -0.2) is 39.0 Å². The lowest BCUT2D eigenvalue weighted by Gasteiger charge is -2.10. The first-order valence-corrected chi connectivity index (χ1v) is 5.95. The van der Waals surface area contributed by atoms with Gasteiger partial charge in [0.25, 0.3) is 0 Å². The fraction of sp³-hybridized carbons (Fsp3) is 0.462. The summed E-state index contributed by atoms with van der Waals surface area (Å²) in [6.07, 6.45) is -4.31. The third kappa shape index (κ3) is 6.03. The van der Waals surface area contributed by atoms with Gasteiger partial charge in [-0.3, -0.25) is 0 Å². The summed E-state index contributed by atoms with van der Waals surface area (Å²) in [4.78, 5) is 11.5. The number of esters is 1. The largest absolute Gasteiger partial charge is 0.465 e. The van der Waals surface area contributed by atoms with E-state index in [1.807, 2.05) is 0 Å². The number of benzene rings is 1. The van der Waals surface area contributed by atoms with Crippen molar-refractivity contribution in [1.82, 2.24) is 5.32 Å². The minimum atomic E-state index is -4.31. The molecule has 0 fully saturated rings. The van der Waals surface area contributed by atoms with E-state index in [9.17, 15) is 18.0 Å². The van der Waals surface area contributed by atoms with E-state index in [-0.39, 0.29) is 13.2 Å². The number of hydrogen-bond donors (Lipinski definition) is 1. The number of carbonyl (C=O) groups excluding carboxylic acids is 1. The van der Waals surface area contributed by atoms with Crippen molar-refractivity contribution in [3.63, 3.8) is 0 Å². The molecule has 0 saturated heterocycles. The normalized spacial score (nSPS) is 11.4. The molecule has 4 nitrogen and oxygen atoms in total. The van der Waals surface area contributed by atoms with E-state index in [2.05, 4.69) is 14.8 Å². The van der Waals surface area contributed by atoms with Crippen LogP contribution in [-0.2, 0) is 16.0 Å². The first-order chi connectivity index (χ1) is 9.44. The second-order valence-corrected chi connectivity index (χ2v) is 3.99. The maximum atomic E-state index is 11.8. The molecule has 1 N–H and O–H groups in total. The zero-order valence-electron chi connectivity index (χ0n) is 11.0. The highest BCUT2D eigenvalue weighted by Gasteiger charge is 2.27. The molecule has 1 aromatic rings. The molecule has 0 atom stereocenters. The van der Waals surface area contributed by atoms with Crippen molar-refractivity contribution in [2.45, 2.75) is 12.7 Å². The Kier molecular flexibility index (Phi) is 6.47. The lowest BCUT2D eigenvalue weighted by atomic mass is 10.1. The van der Waals surface area contributed by atoms with E-state index in [0.29, 0.717) is 12.1 Å². The summed E-state index contributed by atoms with van der Waals surface area (Å²) in [5, 5.41) is 2.91. The first-order valence-electron chi connectivity index (χ1n) is 5.95. The predicted molar refractivity (Wildman–Crippen MR) is 66.4 cm³/mol. The van der Waals surface area contributed by atoms with Crippen molar-refractivity contribution in [2.75, 3.05) is 26.9 Å². The standard InChI is InChI=1S/C13H16F3NO3/c1-19-12(18)11-5-3-2-4-10(11)8-17-6-7-20-9-13(14,15)16/h2-5,17H,6-9H2,1H3. The maximum Gasteiger partial charge on any atom is 0.411 e. The van der Waals surface area contributed by atoms with Gasteiger partial charge in [-0.1, -0.05) is 18.2 Å². The Bertz CT molecular complexity index is 435. The average Bonchev–Trinajstić information content (AvgIpc) is 2.41. The molecule has 0 spiro atoms. The molecule has 0 unspecified atom stereocenters. The Morgan fingerprint density at radius 2 is 2.00 bits per heavy atom. The second-order valence-electron chi connectivity index (χ2n) is 3.99. The summed E-state index contributed by atoms with van der Waals surface area (Å²) >= 11 is 0. The highest BCUT2D eigenvalue weighted by atomic mass is 19.4. The molecule has 0 bridgehead atoms. The summed E-state index contributed by atoms with van der Waals surface area (Å²) < 4.78 is 44.5. The number of ether oxygens (including phenoxy) is 2. The van der Waals surface area contributed by atoms with Gasteiger partial charge in [0.1, 0.15) is 6.61 Å². The van der Waals surface area contributed by atoms with Gasteiger partial charge >= 0.3 is 12.1 Å². The van der Waals surface area contributed by atoms with Crippen LogP contribution >= 0.6 is 0 Å². The highest BCUT2D eigenvalue weighted by molar-refractivity contribution is 5.90. The number of nitrogens with one attached hydrogen (secondary N) is 1. The number of carbonyl (C=O) groups is 1. The van der Waals surface area contributed by atoms with Crippen molar-refractivity contribution in [3.8, 4) is 0 Å². The molecule has 0 amide bonds. The van der Waals surface area contributed by atoms with E-state index in [0.717, 1.165) is 5.56 Å². The second kappa shape index (κ2) is 7.86. The molecule has 7 heteroatoms. The fourth-order valence-electron chi connectivity index (χ4n) is 1.54. The number of rotatable bonds is 7. The van der Waals surface area contributed by atoms with E-state index in [1.54, 1.807) is 24.3 Å². The van der Waals surface area contributed by atoms with E-state index < -0.39 is 18.8 Å². The Morgan fingerprint density at radius 1 is 1.30 bits per heavy atom. The van der Waals surface area contributed by atoms with Gasteiger partial charge in [-0.15, -0.1) is 0 Å². The summed E-state index contributed by atoms with van der Waals surface area (Å²) in [5.41, 5.74) is 1.15. The smallest absolute Gasteiger partial charge is 0.411 e. The summed E-state index contributed by atoms with van der Waals surface area (Å²) in [7, 11) is 1.29. The van der Waals surface area contributed by atoms with E-state index >= 15 is 0 Å². The topological polar surface area (TPSA) is 47.6 Å². The maximum absolute atomic E-state index is 11.8. The summed E-state index contributed by atoms with van der Waals surface area (Å²) in [6.45, 7) is -0.709. The van der Waals surface area contributed by atoms with Gasteiger partial charge in [0.05, 0.1) is 19.3 Å². The van der Waals surface area contributed by atoms with Crippen LogP contribution in [0.4, 0.5) is 13.2 Å². The van der Waals surface area contributed by atoms with Gasteiger partial charge in [0.2, 0.25) is 0 Å². The Morgan fingerprint density at radius 3 is 2.65 bits per heavy atom. The molecule has 0 aliphatic rings. The van der Waals surface area contributed by atoms with Crippen molar-refractivity contribution in [1.29, 1.82) is 0 Å². The van der Waals surface area contributed by atoms with Crippen LogP contribution in [0.3, 0.4) is 0 Å². The number of hydrogen-bond acceptors (Lipinski definition) is 4. The number of halogens is 3.